The summed E-state index contributed by atoms with van der Waals surface area (Å²) in [6.07, 6.45) is 0. The molecule has 3 aromatic carbocycles. The predicted octanol–water partition coefficient (Wildman–Crippen LogP) is 3.67. The molecule has 2 aliphatic heterocycles. The van der Waals surface area contributed by atoms with Crippen molar-refractivity contribution in [2.24, 2.45) is 0 Å². The van der Waals surface area contributed by atoms with Crippen LogP contribution in [0.2, 0.25) is 0 Å². The van der Waals surface area contributed by atoms with Crippen LogP contribution in [0.25, 0.3) is 0 Å². The number of nitrogens with zero attached hydrogens (tertiary/aromatic N) is 3. The van der Waals surface area contributed by atoms with Crippen molar-refractivity contribution in [3.05, 3.63) is 88.5 Å². The van der Waals surface area contributed by atoms with Gasteiger partial charge >= 0.3 is 0 Å². The Kier molecular flexibility index (Phi) is 7.06. The van der Waals surface area contributed by atoms with E-state index in [4.69, 9.17) is 9.47 Å². The first-order chi connectivity index (χ1) is 18.8. The molecule has 3 amide bonds. The summed E-state index contributed by atoms with van der Waals surface area (Å²) in [6, 6.07) is 17.4. The van der Waals surface area contributed by atoms with Crippen molar-refractivity contribution in [2.45, 2.75) is 13.5 Å². The topological polar surface area (TPSA) is 96.5 Å². The van der Waals surface area contributed by atoms with E-state index in [9.17, 15) is 19.2 Å². The van der Waals surface area contributed by atoms with Crippen LogP contribution in [-0.4, -0.2) is 73.7 Å². The molecular weight excluding hydrogens is 498 g/mol. The van der Waals surface area contributed by atoms with E-state index in [0.717, 1.165) is 0 Å². The fourth-order valence-corrected chi connectivity index (χ4v) is 5.27. The van der Waals surface area contributed by atoms with E-state index in [1.165, 1.54) is 26.0 Å². The van der Waals surface area contributed by atoms with Gasteiger partial charge < -0.3 is 19.3 Å². The molecule has 0 radical (unpaired) electrons. The summed E-state index contributed by atoms with van der Waals surface area (Å²) in [4.78, 5) is 57.1. The number of methoxy groups -OCH3 is 2. The van der Waals surface area contributed by atoms with Gasteiger partial charge in [0.1, 0.15) is 0 Å². The summed E-state index contributed by atoms with van der Waals surface area (Å²) in [5.41, 5.74) is 2.85. The van der Waals surface area contributed by atoms with Crippen molar-refractivity contribution in [1.29, 1.82) is 0 Å². The van der Waals surface area contributed by atoms with Gasteiger partial charge in [0, 0.05) is 37.3 Å². The fourth-order valence-electron chi connectivity index (χ4n) is 5.27. The third-order valence-corrected chi connectivity index (χ3v) is 7.23. The quantitative estimate of drug-likeness (QED) is 0.342. The number of para-hydroxylation sites is 1. The average Bonchev–Trinajstić information content (AvgIpc) is 3.21. The molecule has 0 aromatic heterocycles. The van der Waals surface area contributed by atoms with E-state index >= 15 is 0 Å². The van der Waals surface area contributed by atoms with Gasteiger partial charge in [0.25, 0.3) is 17.7 Å². The minimum atomic E-state index is -0.371. The maximum atomic E-state index is 13.6. The summed E-state index contributed by atoms with van der Waals surface area (Å²) in [5.74, 6) is -0.0876. The number of benzene rings is 3. The molecular formula is C30H29N3O6. The van der Waals surface area contributed by atoms with Crippen molar-refractivity contribution in [3.63, 3.8) is 0 Å². The molecule has 5 rings (SSSR count). The van der Waals surface area contributed by atoms with Crippen molar-refractivity contribution in [3.8, 4) is 11.5 Å². The van der Waals surface area contributed by atoms with E-state index in [0.29, 0.717) is 71.2 Å². The molecule has 200 valence electrons. The van der Waals surface area contributed by atoms with Crippen LogP contribution in [0.3, 0.4) is 0 Å². The summed E-state index contributed by atoms with van der Waals surface area (Å²) in [5, 5.41) is 0. The standard InChI is InChI=1S/C30H29N3O6/c1-19(34)21-9-4-5-10-22(21)28(35)32-16-14-31(15-17-32)24-12-7-11-23-26(24)30(37)33(29(23)36)18-20-8-6-13-25(38-2)27(20)39-3/h4-13H,14-18H2,1-3H3. The largest absolute Gasteiger partial charge is 0.493 e. The second kappa shape index (κ2) is 10.6. The lowest BCUT2D eigenvalue weighted by Crippen LogP contribution is -2.49. The van der Waals surface area contributed by atoms with Crippen LogP contribution >= 0.6 is 0 Å². The lowest BCUT2D eigenvalue weighted by Gasteiger charge is -2.37. The third-order valence-electron chi connectivity index (χ3n) is 7.23. The van der Waals surface area contributed by atoms with Crippen LogP contribution in [0.5, 0.6) is 11.5 Å². The number of ketones is 1. The SMILES string of the molecule is COc1cccc(CN2C(=O)c3cccc(N4CCN(C(=O)c5ccccc5C(C)=O)CC4)c3C2=O)c1OC. The van der Waals surface area contributed by atoms with Gasteiger partial charge in [-0.2, -0.15) is 0 Å². The van der Waals surface area contributed by atoms with Gasteiger partial charge in [-0.1, -0.05) is 36.4 Å². The molecule has 0 aliphatic carbocycles. The van der Waals surface area contributed by atoms with Crippen LogP contribution in [-0.2, 0) is 6.54 Å². The molecule has 2 aliphatic rings. The zero-order valence-corrected chi connectivity index (χ0v) is 22.1. The number of imide groups is 1. The van der Waals surface area contributed by atoms with Gasteiger partial charge in [-0.25, -0.2) is 0 Å². The monoisotopic (exact) mass is 527 g/mol. The highest BCUT2D eigenvalue weighted by Crippen LogP contribution is 2.36. The molecule has 0 atom stereocenters. The molecule has 9 nitrogen and oxygen atoms in total. The molecule has 1 fully saturated rings. The van der Waals surface area contributed by atoms with E-state index in [-0.39, 0.29) is 30.0 Å². The highest BCUT2D eigenvalue weighted by atomic mass is 16.5. The number of fused-ring (bicyclic) bond motifs is 1. The highest BCUT2D eigenvalue weighted by Gasteiger charge is 2.39. The first-order valence-corrected chi connectivity index (χ1v) is 12.7. The smallest absolute Gasteiger partial charge is 0.263 e. The summed E-state index contributed by atoms with van der Waals surface area (Å²) in [6.45, 7) is 3.30. The molecule has 9 heteroatoms. The summed E-state index contributed by atoms with van der Waals surface area (Å²) >= 11 is 0. The van der Waals surface area contributed by atoms with Gasteiger partial charge in [-0.15, -0.1) is 0 Å². The van der Waals surface area contributed by atoms with Crippen molar-refractivity contribution in [2.75, 3.05) is 45.3 Å². The van der Waals surface area contributed by atoms with Crippen LogP contribution in [0, 0.1) is 0 Å². The van der Waals surface area contributed by atoms with Gasteiger partial charge in [-0.05, 0) is 31.2 Å². The first-order valence-electron chi connectivity index (χ1n) is 12.7. The second-order valence-electron chi connectivity index (χ2n) is 9.43. The molecule has 0 N–H and O–H groups in total. The number of hydrogen-bond donors (Lipinski definition) is 0. The lowest BCUT2D eigenvalue weighted by molar-refractivity contribution is 0.0639. The van der Waals surface area contributed by atoms with Crippen molar-refractivity contribution >= 4 is 29.2 Å². The third kappa shape index (κ3) is 4.60. The molecule has 2 heterocycles. The number of ether oxygens (including phenoxy) is 2. The van der Waals surface area contributed by atoms with E-state index < -0.39 is 0 Å². The zero-order chi connectivity index (χ0) is 27.7. The van der Waals surface area contributed by atoms with E-state index in [2.05, 4.69) is 0 Å². The van der Waals surface area contributed by atoms with Crippen LogP contribution in [0.15, 0.2) is 60.7 Å². The predicted molar refractivity (Wildman–Crippen MR) is 145 cm³/mol. The van der Waals surface area contributed by atoms with Crippen LogP contribution < -0.4 is 14.4 Å². The van der Waals surface area contributed by atoms with E-state index in [1.54, 1.807) is 59.5 Å². The Morgan fingerprint density at radius 1 is 0.795 bits per heavy atom. The molecule has 0 bridgehead atoms. The number of hydrogen-bond acceptors (Lipinski definition) is 7. The molecule has 0 unspecified atom stereocenters. The minimum Gasteiger partial charge on any atom is -0.493 e. The zero-order valence-electron chi connectivity index (χ0n) is 22.1. The Morgan fingerprint density at radius 3 is 2.15 bits per heavy atom. The minimum absolute atomic E-state index is 0.0456. The maximum Gasteiger partial charge on any atom is 0.263 e. The average molecular weight is 528 g/mol. The Hall–Kier alpha value is -4.66. The Bertz CT molecular complexity index is 1480. The van der Waals surface area contributed by atoms with Gasteiger partial charge in [0.2, 0.25) is 0 Å². The fraction of sp³-hybridized carbons (Fsp3) is 0.267. The molecule has 3 aromatic rings. The highest BCUT2D eigenvalue weighted by molar-refractivity contribution is 6.23. The van der Waals surface area contributed by atoms with Gasteiger partial charge in [-0.3, -0.25) is 24.1 Å². The number of carbonyl (C=O) groups is 4. The number of amides is 3. The molecule has 39 heavy (non-hydrogen) atoms. The second-order valence-corrected chi connectivity index (χ2v) is 9.43. The number of anilines is 1. The maximum absolute atomic E-state index is 13.6. The Morgan fingerprint density at radius 2 is 1.49 bits per heavy atom. The summed E-state index contributed by atoms with van der Waals surface area (Å²) < 4.78 is 10.9. The molecule has 0 spiro atoms. The van der Waals surface area contributed by atoms with Crippen LogP contribution in [0.4, 0.5) is 5.69 Å². The molecule has 1 saturated heterocycles. The van der Waals surface area contributed by atoms with Crippen molar-refractivity contribution < 1.29 is 28.7 Å². The Balaban J connectivity index is 1.35. The number of carbonyl (C=O) groups excluding carboxylic acids is 4. The normalized spacial score (nSPS) is 14.9. The first kappa shape index (κ1) is 26.0. The van der Waals surface area contributed by atoms with Gasteiger partial charge in [0.05, 0.1) is 43.1 Å². The summed E-state index contributed by atoms with van der Waals surface area (Å²) in [7, 11) is 3.05. The van der Waals surface area contributed by atoms with Crippen molar-refractivity contribution in [1.82, 2.24) is 9.80 Å². The number of piperazine rings is 1. The van der Waals surface area contributed by atoms with E-state index in [1.807, 2.05) is 11.0 Å². The van der Waals surface area contributed by atoms with Gasteiger partial charge in [0.15, 0.2) is 17.3 Å². The van der Waals surface area contributed by atoms with Crippen LogP contribution in [0.1, 0.15) is 53.9 Å². The number of Topliss-reactive ketones (excluding diaryl/α,β-unsaturated/α-hetero) is 1. The number of rotatable bonds is 7. The molecule has 0 saturated carbocycles. The Labute approximate surface area is 226 Å². The lowest BCUT2D eigenvalue weighted by atomic mass is 10.0.